The van der Waals surface area contributed by atoms with Crippen LogP contribution in [-0.4, -0.2) is 36.2 Å². The zero-order valence-electron chi connectivity index (χ0n) is 13.9. The molecule has 0 bridgehead atoms. The average molecular weight is 354 g/mol. The highest BCUT2D eigenvalue weighted by molar-refractivity contribution is 7.13. The van der Waals surface area contributed by atoms with E-state index in [1.165, 1.54) is 11.3 Å². The molecule has 24 heavy (non-hydrogen) atoms. The molecule has 0 aliphatic carbocycles. The predicted molar refractivity (Wildman–Crippen MR) is 87.2 cm³/mol. The van der Waals surface area contributed by atoms with Crippen LogP contribution in [0.25, 0.3) is 0 Å². The van der Waals surface area contributed by atoms with E-state index in [2.05, 4.69) is 11.9 Å². The van der Waals surface area contributed by atoms with Gasteiger partial charge < -0.3 is 19.9 Å². The Morgan fingerprint density at radius 3 is 2.92 bits per heavy atom. The molecule has 8 heteroatoms. The number of hydrogen-bond acceptors (Lipinski definition) is 8. The molecule has 2 aliphatic heterocycles. The van der Waals surface area contributed by atoms with Gasteiger partial charge in [-0.3, -0.25) is 9.59 Å². The van der Waals surface area contributed by atoms with Crippen LogP contribution < -0.4 is 5.73 Å². The molecule has 1 spiro atoms. The number of anilines is 1. The Morgan fingerprint density at radius 2 is 2.25 bits per heavy atom. The number of nitrogen functional groups attached to an aromatic ring is 1. The topological polar surface area (TPSA) is 101 Å². The first-order chi connectivity index (χ1) is 11.4. The van der Waals surface area contributed by atoms with E-state index < -0.39 is 29.1 Å². The zero-order chi connectivity index (χ0) is 17.4. The molecule has 3 atom stereocenters. The van der Waals surface area contributed by atoms with Gasteiger partial charge in [-0.1, -0.05) is 13.3 Å². The van der Waals surface area contributed by atoms with Crippen LogP contribution in [0, 0.1) is 5.41 Å². The van der Waals surface area contributed by atoms with Crippen molar-refractivity contribution in [2.24, 2.45) is 5.41 Å². The lowest BCUT2D eigenvalue weighted by Gasteiger charge is -2.20. The maximum Gasteiger partial charge on any atom is 0.324 e. The normalized spacial score (nSPS) is 32.3. The number of aromatic nitrogens is 1. The SMILES string of the molecule is CCCCOC[C@H]1C[C@@]2(C[C@@](C)(c3csc(N)n3)OC2=O)C(=O)O1. The van der Waals surface area contributed by atoms with Crippen LogP contribution in [0.3, 0.4) is 0 Å². The lowest BCUT2D eigenvalue weighted by atomic mass is 9.78. The Balaban J connectivity index is 1.71. The van der Waals surface area contributed by atoms with Gasteiger partial charge in [-0.2, -0.15) is 0 Å². The summed E-state index contributed by atoms with van der Waals surface area (Å²) in [7, 11) is 0. The summed E-state index contributed by atoms with van der Waals surface area (Å²) in [6.07, 6.45) is 2.08. The third-order valence-corrected chi connectivity index (χ3v) is 5.27. The van der Waals surface area contributed by atoms with Crippen LogP contribution >= 0.6 is 11.3 Å². The lowest BCUT2D eigenvalue weighted by molar-refractivity contribution is -0.160. The maximum absolute atomic E-state index is 12.5. The number of nitrogens with zero attached hydrogens (tertiary/aromatic N) is 1. The largest absolute Gasteiger partial charge is 0.459 e. The molecule has 0 unspecified atom stereocenters. The van der Waals surface area contributed by atoms with Crippen LogP contribution in [0.5, 0.6) is 0 Å². The summed E-state index contributed by atoms with van der Waals surface area (Å²) < 4.78 is 16.5. The fourth-order valence-corrected chi connectivity index (χ4v) is 3.99. The van der Waals surface area contributed by atoms with E-state index in [0.717, 1.165) is 12.8 Å². The molecule has 7 nitrogen and oxygen atoms in total. The van der Waals surface area contributed by atoms with Gasteiger partial charge in [0.25, 0.3) is 0 Å². The number of nitrogens with two attached hydrogens (primary N) is 1. The van der Waals surface area contributed by atoms with Crippen molar-refractivity contribution in [2.45, 2.75) is 51.2 Å². The first kappa shape index (κ1) is 17.2. The molecular formula is C16H22N2O5S. The summed E-state index contributed by atoms with van der Waals surface area (Å²) in [5, 5.41) is 2.16. The smallest absolute Gasteiger partial charge is 0.324 e. The van der Waals surface area contributed by atoms with Crippen molar-refractivity contribution in [3.8, 4) is 0 Å². The van der Waals surface area contributed by atoms with Gasteiger partial charge >= 0.3 is 11.9 Å². The number of carbonyl (C=O) groups is 2. The van der Waals surface area contributed by atoms with Crippen LogP contribution in [0.2, 0.25) is 0 Å². The van der Waals surface area contributed by atoms with Gasteiger partial charge in [0.1, 0.15) is 6.10 Å². The van der Waals surface area contributed by atoms with Crippen LogP contribution in [-0.2, 0) is 29.4 Å². The van der Waals surface area contributed by atoms with E-state index in [1.54, 1.807) is 12.3 Å². The van der Waals surface area contributed by atoms with Gasteiger partial charge in [0, 0.05) is 24.8 Å². The fraction of sp³-hybridized carbons (Fsp3) is 0.688. The molecule has 2 fully saturated rings. The number of cyclic esters (lactones) is 2. The first-order valence-corrected chi connectivity index (χ1v) is 9.01. The second-order valence-corrected chi connectivity index (χ2v) is 7.50. The Hall–Kier alpha value is -1.67. The quantitative estimate of drug-likeness (QED) is 0.474. The molecule has 0 amide bonds. The highest BCUT2D eigenvalue weighted by Crippen LogP contribution is 2.52. The number of ether oxygens (including phenoxy) is 3. The van der Waals surface area contributed by atoms with E-state index >= 15 is 0 Å². The number of esters is 2. The van der Waals surface area contributed by atoms with Crippen LogP contribution in [0.4, 0.5) is 5.13 Å². The predicted octanol–water partition coefficient (Wildman–Crippen LogP) is 2.01. The fourth-order valence-electron chi connectivity index (χ4n) is 3.30. The molecule has 0 radical (unpaired) electrons. The van der Waals surface area contributed by atoms with Crippen molar-refractivity contribution in [1.82, 2.24) is 4.98 Å². The van der Waals surface area contributed by atoms with E-state index in [4.69, 9.17) is 19.9 Å². The summed E-state index contributed by atoms with van der Waals surface area (Å²) in [6.45, 7) is 4.76. The van der Waals surface area contributed by atoms with Crippen LogP contribution in [0.15, 0.2) is 5.38 Å². The second-order valence-electron chi connectivity index (χ2n) is 6.61. The van der Waals surface area contributed by atoms with Crippen molar-refractivity contribution in [2.75, 3.05) is 18.9 Å². The number of rotatable bonds is 6. The third kappa shape index (κ3) is 2.88. The summed E-state index contributed by atoms with van der Waals surface area (Å²) in [5.74, 6) is -1.07. The molecule has 2 N–H and O–H groups in total. The zero-order valence-corrected chi connectivity index (χ0v) is 14.7. The summed E-state index contributed by atoms with van der Waals surface area (Å²) in [6, 6.07) is 0. The Bertz CT molecular complexity index is 648. The lowest BCUT2D eigenvalue weighted by Crippen LogP contribution is -2.32. The molecule has 0 saturated carbocycles. The summed E-state index contributed by atoms with van der Waals surface area (Å²) in [4.78, 5) is 29.1. The summed E-state index contributed by atoms with van der Waals surface area (Å²) >= 11 is 1.28. The van der Waals surface area contributed by atoms with E-state index in [9.17, 15) is 9.59 Å². The van der Waals surface area contributed by atoms with Crippen LogP contribution in [0.1, 0.15) is 45.2 Å². The van der Waals surface area contributed by atoms with Gasteiger partial charge in [0.05, 0.1) is 12.3 Å². The van der Waals surface area contributed by atoms with Gasteiger partial charge in [0.2, 0.25) is 0 Å². The molecule has 2 saturated heterocycles. The molecule has 3 heterocycles. The monoisotopic (exact) mass is 354 g/mol. The Kier molecular flexibility index (Phi) is 4.52. The molecule has 0 aromatic carbocycles. The maximum atomic E-state index is 12.5. The number of thiazole rings is 1. The second kappa shape index (κ2) is 6.33. The third-order valence-electron chi connectivity index (χ3n) is 4.60. The molecule has 132 valence electrons. The van der Waals surface area contributed by atoms with Crippen molar-refractivity contribution in [1.29, 1.82) is 0 Å². The standard InChI is InChI=1S/C16H22N2O5S/c1-3-4-5-21-7-10-6-16(12(19)22-10)9-15(2,23-13(16)20)11-8-24-14(17)18-11/h8,10H,3-7,9H2,1-2H3,(H2,17,18)/t10-,15+,16-/m1/s1. The highest BCUT2D eigenvalue weighted by Gasteiger charge is 2.65. The molecular weight excluding hydrogens is 332 g/mol. The average Bonchev–Trinajstić information content (AvgIpc) is 3.16. The molecule has 1 aromatic heterocycles. The first-order valence-electron chi connectivity index (χ1n) is 8.13. The Labute approximate surface area is 144 Å². The Morgan fingerprint density at radius 1 is 1.46 bits per heavy atom. The van der Waals surface area contributed by atoms with Crippen molar-refractivity contribution < 1.29 is 23.8 Å². The minimum Gasteiger partial charge on any atom is -0.459 e. The van der Waals surface area contributed by atoms with Gasteiger partial charge in [-0.25, -0.2) is 4.98 Å². The van der Waals surface area contributed by atoms with Gasteiger partial charge in [0.15, 0.2) is 16.1 Å². The highest BCUT2D eigenvalue weighted by atomic mass is 32.1. The van der Waals surface area contributed by atoms with Crippen molar-refractivity contribution in [3.05, 3.63) is 11.1 Å². The molecule has 1 aromatic rings. The molecule has 3 rings (SSSR count). The van der Waals surface area contributed by atoms with Crippen molar-refractivity contribution >= 4 is 28.4 Å². The number of hydrogen-bond donors (Lipinski definition) is 1. The van der Waals surface area contributed by atoms with Gasteiger partial charge in [-0.05, 0) is 13.3 Å². The van der Waals surface area contributed by atoms with Gasteiger partial charge in [-0.15, -0.1) is 11.3 Å². The van der Waals surface area contributed by atoms with E-state index in [1.807, 2.05) is 0 Å². The van der Waals surface area contributed by atoms with E-state index in [0.29, 0.717) is 24.0 Å². The summed E-state index contributed by atoms with van der Waals surface area (Å²) in [5.41, 5.74) is 4.03. The number of carbonyl (C=O) groups excluding carboxylic acids is 2. The van der Waals surface area contributed by atoms with E-state index in [-0.39, 0.29) is 12.8 Å². The number of unbranched alkanes of at least 4 members (excludes halogenated alkanes) is 1. The van der Waals surface area contributed by atoms with Crippen molar-refractivity contribution in [3.63, 3.8) is 0 Å². The minimum atomic E-state index is -1.26. The molecule has 2 aliphatic rings. The minimum absolute atomic E-state index is 0.215.